The van der Waals surface area contributed by atoms with E-state index < -0.39 is 12.1 Å². The predicted octanol–water partition coefficient (Wildman–Crippen LogP) is 2.19. The number of likely N-dealkylation sites (tertiary alicyclic amines) is 1. The van der Waals surface area contributed by atoms with Crippen LogP contribution in [0.25, 0.3) is 11.1 Å². The molecule has 0 spiro atoms. The number of methoxy groups -OCH3 is 2. The molecule has 27 heavy (non-hydrogen) atoms. The molecule has 1 amide bonds. The molecule has 1 saturated heterocycles. The lowest BCUT2D eigenvalue weighted by Gasteiger charge is -2.52. The van der Waals surface area contributed by atoms with Crippen molar-refractivity contribution in [2.45, 2.75) is 18.0 Å². The van der Waals surface area contributed by atoms with Crippen LogP contribution in [0.15, 0.2) is 48.5 Å². The van der Waals surface area contributed by atoms with Gasteiger partial charge in [0.05, 0.1) is 25.8 Å². The highest BCUT2D eigenvalue weighted by Crippen LogP contribution is 2.44. The van der Waals surface area contributed by atoms with Gasteiger partial charge in [-0.05, 0) is 28.8 Å². The summed E-state index contributed by atoms with van der Waals surface area (Å²) in [5.74, 6) is 0.171. The fraction of sp³-hybridized carbons (Fsp3) is 0.333. The van der Waals surface area contributed by atoms with Gasteiger partial charge in [-0.15, -0.1) is 0 Å². The highest BCUT2D eigenvalue weighted by Gasteiger charge is 2.52. The number of carbonyl (C=O) groups excluding carboxylic acids is 1. The minimum atomic E-state index is -0.642. The summed E-state index contributed by atoms with van der Waals surface area (Å²) in [4.78, 5) is 13.7. The van der Waals surface area contributed by atoms with Crippen LogP contribution in [0, 0.1) is 11.3 Å². The number of nitrogens with zero attached hydrogens (tertiary/aromatic N) is 2. The summed E-state index contributed by atoms with van der Waals surface area (Å²) in [7, 11) is 3.05. The Morgan fingerprint density at radius 2 is 2.00 bits per heavy atom. The van der Waals surface area contributed by atoms with E-state index in [0.29, 0.717) is 0 Å². The second kappa shape index (κ2) is 8.21. The Morgan fingerprint density at radius 1 is 1.22 bits per heavy atom. The zero-order chi connectivity index (χ0) is 19.4. The molecule has 1 aliphatic rings. The summed E-state index contributed by atoms with van der Waals surface area (Å²) in [6.07, 6.45) is 0. The number of hydrogen-bond acceptors (Lipinski definition) is 5. The number of carbonyl (C=O) groups is 1. The highest BCUT2D eigenvalue weighted by atomic mass is 16.5. The molecule has 1 fully saturated rings. The molecule has 0 radical (unpaired) electrons. The molecule has 1 aliphatic heterocycles. The number of hydrogen-bond donors (Lipinski definition) is 1. The average molecular weight is 366 g/mol. The molecule has 1 heterocycles. The monoisotopic (exact) mass is 366 g/mol. The molecule has 0 saturated carbocycles. The molecular formula is C21H22N2O4. The maximum atomic E-state index is 12.3. The minimum Gasteiger partial charge on any atom is -0.497 e. The van der Waals surface area contributed by atoms with Crippen molar-refractivity contribution < 1.29 is 19.4 Å². The van der Waals surface area contributed by atoms with E-state index in [-0.39, 0.29) is 25.0 Å². The first-order valence-electron chi connectivity index (χ1n) is 8.70. The lowest BCUT2D eigenvalue weighted by molar-refractivity contribution is -0.150. The Kier molecular flexibility index (Phi) is 5.75. The van der Waals surface area contributed by atoms with Gasteiger partial charge in [-0.2, -0.15) is 5.26 Å². The molecule has 2 aromatic rings. The third-order valence-corrected chi connectivity index (χ3v) is 4.99. The minimum absolute atomic E-state index is 0.112. The molecule has 0 aromatic heterocycles. The van der Waals surface area contributed by atoms with E-state index >= 15 is 0 Å². The van der Waals surface area contributed by atoms with Crippen molar-refractivity contribution in [1.29, 1.82) is 5.26 Å². The van der Waals surface area contributed by atoms with Crippen LogP contribution in [0.1, 0.15) is 11.5 Å². The second-order valence-electron chi connectivity index (χ2n) is 6.40. The fourth-order valence-electron chi connectivity index (χ4n) is 3.76. The first kappa shape index (κ1) is 18.9. The van der Waals surface area contributed by atoms with Crippen LogP contribution >= 0.6 is 0 Å². The van der Waals surface area contributed by atoms with Gasteiger partial charge in [0.15, 0.2) is 0 Å². The lowest BCUT2D eigenvalue weighted by atomic mass is 9.73. The van der Waals surface area contributed by atoms with Gasteiger partial charge in [0.25, 0.3) is 0 Å². The SMILES string of the molecule is COCC(=O)N1[C@H](C#N)[C@H](c2ccccc2-c2cccc(OC)c2)[C@@H]1CO. The van der Waals surface area contributed by atoms with Gasteiger partial charge in [-0.1, -0.05) is 36.4 Å². The van der Waals surface area contributed by atoms with E-state index in [1.807, 2.05) is 48.5 Å². The zero-order valence-corrected chi connectivity index (χ0v) is 15.3. The summed E-state index contributed by atoms with van der Waals surface area (Å²) in [6.45, 7) is -0.330. The van der Waals surface area contributed by atoms with Crippen LogP contribution < -0.4 is 4.74 Å². The van der Waals surface area contributed by atoms with Crippen molar-refractivity contribution in [2.24, 2.45) is 0 Å². The molecule has 0 bridgehead atoms. The van der Waals surface area contributed by atoms with Crippen LogP contribution in [0.5, 0.6) is 5.75 Å². The number of aliphatic hydroxyl groups excluding tert-OH is 1. The largest absolute Gasteiger partial charge is 0.497 e. The molecule has 6 heteroatoms. The van der Waals surface area contributed by atoms with Crippen LogP contribution in [0.3, 0.4) is 0 Å². The average Bonchev–Trinajstić information content (AvgIpc) is 2.68. The number of nitriles is 1. The number of amides is 1. The van der Waals surface area contributed by atoms with Gasteiger partial charge >= 0.3 is 0 Å². The van der Waals surface area contributed by atoms with E-state index in [9.17, 15) is 15.2 Å². The standard InChI is InChI=1S/C21H22N2O4/c1-26-13-20(25)23-18(11-22)21(19(23)12-24)17-9-4-3-8-16(17)14-6-5-7-15(10-14)27-2/h3-10,18-19,21,24H,12-13H2,1-2H3/t18-,19+,21+/m1/s1. The van der Waals surface area contributed by atoms with Gasteiger partial charge in [-0.25, -0.2) is 0 Å². The summed E-state index contributed by atoms with van der Waals surface area (Å²) in [5, 5.41) is 19.6. The van der Waals surface area contributed by atoms with E-state index in [1.54, 1.807) is 7.11 Å². The topological polar surface area (TPSA) is 82.8 Å². The Balaban J connectivity index is 2.01. The Labute approximate surface area is 158 Å². The van der Waals surface area contributed by atoms with Crippen molar-refractivity contribution >= 4 is 5.91 Å². The van der Waals surface area contributed by atoms with E-state index in [1.165, 1.54) is 12.0 Å². The van der Waals surface area contributed by atoms with Gasteiger partial charge in [0.2, 0.25) is 5.91 Å². The molecule has 2 aromatic carbocycles. The second-order valence-corrected chi connectivity index (χ2v) is 6.40. The molecule has 140 valence electrons. The maximum absolute atomic E-state index is 12.3. The molecule has 1 N–H and O–H groups in total. The van der Waals surface area contributed by atoms with Gasteiger partial charge in [0, 0.05) is 13.0 Å². The Morgan fingerprint density at radius 3 is 2.67 bits per heavy atom. The summed E-state index contributed by atoms with van der Waals surface area (Å²) < 4.78 is 10.2. The number of benzene rings is 2. The van der Waals surface area contributed by atoms with Gasteiger partial charge < -0.3 is 19.5 Å². The van der Waals surface area contributed by atoms with E-state index in [4.69, 9.17) is 9.47 Å². The third kappa shape index (κ3) is 3.39. The number of rotatable bonds is 6. The molecular weight excluding hydrogens is 344 g/mol. The van der Waals surface area contributed by atoms with Crippen molar-refractivity contribution in [2.75, 3.05) is 27.4 Å². The van der Waals surface area contributed by atoms with Crippen LogP contribution in [0.4, 0.5) is 0 Å². The third-order valence-electron chi connectivity index (χ3n) is 4.99. The van der Waals surface area contributed by atoms with Crippen molar-refractivity contribution in [1.82, 2.24) is 4.90 Å². The predicted molar refractivity (Wildman–Crippen MR) is 100 cm³/mol. The quantitative estimate of drug-likeness (QED) is 0.847. The fourth-order valence-corrected chi connectivity index (χ4v) is 3.76. The highest BCUT2D eigenvalue weighted by molar-refractivity contribution is 5.81. The van der Waals surface area contributed by atoms with Gasteiger partial charge in [0.1, 0.15) is 18.4 Å². The van der Waals surface area contributed by atoms with Crippen molar-refractivity contribution in [3.8, 4) is 22.9 Å². The van der Waals surface area contributed by atoms with Crippen LogP contribution in [-0.4, -0.2) is 55.4 Å². The van der Waals surface area contributed by atoms with E-state index in [2.05, 4.69) is 6.07 Å². The number of aliphatic hydroxyl groups is 1. The number of ether oxygens (including phenoxy) is 2. The molecule has 0 aliphatic carbocycles. The maximum Gasteiger partial charge on any atom is 0.249 e. The molecule has 3 atom stereocenters. The van der Waals surface area contributed by atoms with Crippen molar-refractivity contribution in [3.63, 3.8) is 0 Å². The van der Waals surface area contributed by atoms with Crippen molar-refractivity contribution in [3.05, 3.63) is 54.1 Å². The molecule has 0 unspecified atom stereocenters. The summed E-state index contributed by atoms with van der Waals surface area (Å²) >= 11 is 0. The summed E-state index contributed by atoms with van der Waals surface area (Å²) in [5.41, 5.74) is 2.84. The van der Waals surface area contributed by atoms with Gasteiger partial charge in [-0.3, -0.25) is 4.79 Å². The summed E-state index contributed by atoms with van der Waals surface area (Å²) in [6, 6.07) is 16.6. The normalized spacial score (nSPS) is 21.3. The Hall–Kier alpha value is -2.88. The smallest absolute Gasteiger partial charge is 0.249 e. The molecule has 6 nitrogen and oxygen atoms in total. The van der Waals surface area contributed by atoms with Crippen LogP contribution in [0.2, 0.25) is 0 Å². The van der Waals surface area contributed by atoms with E-state index in [0.717, 1.165) is 22.4 Å². The zero-order valence-electron chi connectivity index (χ0n) is 15.3. The van der Waals surface area contributed by atoms with Crippen LogP contribution in [-0.2, 0) is 9.53 Å². The first-order valence-corrected chi connectivity index (χ1v) is 8.70. The Bertz CT molecular complexity index is 861. The molecule has 3 rings (SSSR count). The first-order chi connectivity index (χ1) is 13.2. The lowest BCUT2D eigenvalue weighted by Crippen LogP contribution is -2.66.